The monoisotopic (exact) mass is 222 g/mol. The van der Waals surface area contributed by atoms with Gasteiger partial charge in [-0.2, -0.15) is 0 Å². The molecule has 2 N–H and O–H groups in total. The number of amides is 1. The molecule has 0 atom stereocenters. The van der Waals surface area contributed by atoms with Crippen LogP contribution in [0.15, 0.2) is 30.3 Å². The van der Waals surface area contributed by atoms with Crippen LogP contribution in [0, 0.1) is 5.92 Å². The van der Waals surface area contributed by atoms with Crippen molar-refractivity contribution in [3.63, 3.8) is 0 Å². The molecule has 0 saturated carbocycles. The molecule has 15 heavy (non-hydrogen) atoms. The zero-order valence-electron chi connectivity index (χ0n) is 8.78. The molecule has 0 aromatic heterocycles. The summed E-state index contributed by atoms with van der Waals surface area (Å²) >= 11 is 4.99. The van der Waals surface area contributed by atoms with E-state index in [1.807, 2.05) is 44.2 Å². The van der Waals surface area contributed by atoms with Crippen molar-refractivity contribution >= 4 is 28.9 Å². The van der Waals surface area contributed by atoms with Crippen molar-refractivity contribution in [1.82, 2.24) is 5.32 Å². The Kier molecular flexibility index (Phi) is 4.24. The molecule has 0 aliphatic rings. The van der Waals surface area contributed by atoms with Crippen LogP contribution in [0.2, 0.25) is 0 Å². The zero-order chi connectivity index (χ0) is 11.3. The summed E-state index contributed by atoms with van der Waals surface area (Å²) in [4.78, 5) is 11.3. The van der Waals surface area contributed by atoms with Crippen molar-refractivity contribution in [2.75, 3.05) is 5.32 Å². The molecule has 1 aromatic carbocycles. The normalized spacial score (nSPS) is 9.80. The molecule has 0 saturated heterocycles. The number of hydrogen-bond donors (Lipinski definition) is 2. The van der Waals surface area contributed by atoms with Gasteiger partial charge in [0.25, 0.3) is 0 Å². The van der Waals surface area contributed by atoms with Crippen LogP contribution in [0.5, 0.6) is 0 Å². The first-order valence-corrected chi connectivity index (χ1v) is 5.17. The second-order valence-corrected chi connectivity index (χ2v) is 3.87. The quantitative estimate of drug-likeness (QED) is 0.753. The van der Waals surface area contributed by atoms with Crippen molar-refractivity contribution in [2.24, 2.45) is 5.92 Å². The van der Waals surface area contributed by atoms with E-state index in [0.29, 0.717) is 5.11 Å². The lowest BCUT2D eigenvalue weighted by Crippen LogP contribution is -2.36. The summed E-state index contributed by atoms with van der Waals surface area (Å²) in [5.41, 5.74) is 0.867. The average Bonchev–Trinajstić information content (AvgIpc) is 2.18. The van der Waals surface area contributed by atoms with E-state index >= 15 is 0 Å². The second-order valence-electron chi connectivity index (χ2n) is 3.46. The van der Waals surface area contributed by atoms with E-state index in [2.05, 4.69) is 10.6 Å². The van der Waals surface area contributed by atoms with Gasteiger partial charge in [0.05, 0.1) is 0 Å². The summed E-state index contributed by atoms with van der Waals surface area (Å²) in [6, 6.07) is 9.48. The minimum atomic E-state index is -0.0802. The van der Waals surface area contributed by atoms with Crippen LogP contribution in [-0.4, -0.2) is 11.0 Å². The Balaban J connectivity index is 2.47. The zero-order valence-corrected chi connectivity index (χ0v) is 9.60. The predicted octanol–water partition coefficient (Wildman–Crippen LogP) is 2.16. The van der Waals surface area contributed by atoms with Crippen LogP contribution in [-0.2, 0) is 4.79 Å². The number of thiocarbonyl (C=S) groups is 1. The molecular weight excluding hydrogens is 208 g/mol. The first-order chi connectivity index (χ1) is 7.09. The molecule has 1 amide bonds. The van der Waals surface area contributed by atoms with Crippen LogP contribution in [0.1, 0.15) is 13.8 Å². The Bertz CT molecular complexity index is 349. The van der Waals surface area contributed by atoms with Crippen molar-refractivity contribution < 1.29 is 4.79 Å². The van der Waals surface area contributed by atoms with Crippen molar-refractivity contribution in [3.8, 4) is 0 Å². The number of carbonyl (C=O) groups is 1. The Hall–Kier alpha value is -1.42. The molecule has 0 heterocycles. The lowest BCUT2D eigenvalue weighted by molar-refractivity contribution is -0.122. The largest absolute Gasteiger partial charge is 0.332 e. The summed E-state index contributed by atoms with van der Waals surface area (Å²) in [6.45, 7) is 3.64. The first-order valence-electron chi connectivity index (χ1n) is 4.76. The smallest absolute Gasteiger partial charge is 0.228 e. The topological polar surface area (TPSA) is 41.1 Å². The van der Waals surface area contributed by atoms with Gasteiger partial charge in [0, 0.05) is 11.6 Å². The lowest BCUT2D eigenvalue weighted by atomic mass is 10.2. The van der Waals surface area contributed by atoms with Gasteiger partial charge in [-0.1, -0.05) is 32.0 Å². The van der Waals surface area contributed by atoms with Gasteiger partial charge in [-0.15, -0.1) is 0 Å². The maximum Gasteiger partial charge on any atom is 0.228 e. The lowest BCUT2D eigenvalue weighted by Gasteiger charge is -2.10. The van der Waals surface area contributed by atoms with Crippen LogP contribution >= 0.6 is 12.2 Å². The van der Waals surface area contributed by atoms with Gasteiger partial charge in [0.15, 0.2) is 5.11 Å². The molecule has 0 spiro atoms. The molecule has 0 unspecified atom stereocenters. The fraction of sp³-hybridized carbons (Fsp3) is 0.273. The predicted molar refractivity (Wildman–Crippen MR) is 65.6 cm³/mol. The maximum absolute atomic E-state index is 11.3. The van der Waals surface area contributed by atoms with Crippen LogP contribution in [0.4, 0.5) is 5.69 Å². The van der Waals surface area contributed by atoms with Crippen LogP contribution in [0.25, 0.3) is 0 Å². The van der Waals surface area contributed by atoms with Gasteiger partial charge in [0.1, 0.15) is 0 Å². The van der Waals surface area contributed by atoms with Gasteiger partial charge in [-0.25, -0.2) is 0 Å². The Morgan fingerprint density at radius 1 is 1.27 bits per heavy atom. The van der Waals surface area contributed by atoms with E-state index in [-0.39, 0.29) is 11.8 Å². The highest BCUT2D eigenvalue weighted by Gasteiger charge is 2.08. The Morgan fingerprint density at radius 2 is 1.87 bits per heavy atom. The minimum absolute atomic E-state index is 0.0690. The number of rotatable bonds is 2. The van der Waals surface area contributed by atoms with Crippen LogP contribution < -0.4 is 10.6 Å². The molecule has 0 aliphatic heterocycles. The van der Waals surface area contributed by atoms with E-state index in [1.165, 1.54) is 0 Å². The summed E-state index contributed by atoms with van der Waals surface area (Å²) in [5.74, 6) is -0.149. The number of benzene rings is 1. The van der Waals surface area contributed by atoms with Gasteiger partial charge < -0.3 is 10.6 Å². The van der Waals surface area contributed by atoms with Gasteiger partial charge in [-0.05, 0) is 24.4 Å². The third kappa shape index (κ3) is 4.08. The second kappa shape index (κ2) is 5.46. The van der Waals surface area contributed by atoms with Crippen LogP contribution in [0.3, 0.4) is 0 Å². The summed E-state index contributed by atoms with van der Waals surface area (Å²) in [5, 5.41) is 5.87. The van der Waals surface area contributed by atoms with E-state index in [9.17, 15) is 4.79 Å². The van der Waals surface area contributed by atoms with Gasteiger partial charge in [0.2, 0.25) is 5.91 Å². The molecule has 0 aliphatic carbocycles. The van der Waals surface area contributed by atoms with E-state index in [0.717, 1.165) is 5.69 Å². The third-order valence-corrected chi connectivity index (χ3v) is 2.00. The fourth-order valence-corrected chi connectivity index (χ4v) is 1.16. The van der Waals surface area contributed by atoms with E-state index in [1.54, 1.807) is 0 Å². The Morgan fingerprint density at radius 3 is 2.40 bits per heavy atom. The SMILES string of the molecule is CC(C)C(=O)NC(=S)Nc1ccccc1. The number of anilines is 1. The molecular formula is C11H14N2OS. The van der Waals surface area contributed by atoms with Crippen molar-refractivity contribution in [1.29, 1.82) is 0 Å². The van der Waals surface area contributed by atoms with Gasteiger partial charge >= 0.3 is 0 Å². The third-order valence-electron chi connectivity index (χ3n) is 1.79. The van der Waals surface area contributed by atoms with Crippen molar-refractivity contribution in [2.45, 2.75) is 13.8 Å². The highest BCUT2D eigenvalue weighted by atomic mass is 32.1. The number of para-hydroxylation sites is 1. The maximum atomic E-state index is 11.3. The molecule has 3 nitrogen and oxygen atoms in total. The first kappa shape index (κ1) is 11.7. The molecule has 0 radical (unpaired) electrons. The van der Waals surface area contributed by atoms with Gasteiger partial charge in [-0.3, -0.25) is 4.79 Å². The number of carbonyl (C=O) groups excluding carboxylic acids is 1. The average molecular weight is 222 g/mol. The molecule has 0 bridgehead atoms. The summed E-state index contributed by atoms with van der Waals surface area (Å²) in [6.07, 6.45) is 0. The number of hydrogen-bond acceptors (Lipinski definition) is 2. The highest BCUT2D eigenvalue weighted by Crippen LogP contribution is 2.04. The molecule has 0 fully saturated rings. The molecule has 1 aromatic rings. The molecule has 4 heteroatoms. The Labute approximate surface area is 94.9 Å². The summed E-state index contributed by atoms with van der Waals surface area (Å²) < 4.78 is 0. The fourth-order valence-electron chi connectivity index (χ4n) is 0.940. The number of nitrogens with one attached hydrogen (secondary N) is 2. The molecule has 80 valence electrons. The molecule has 1 rings (SSSR count). The van der Waals surface area contributed by atoms with E-state index in [4.69, 9.17) is 12.2 Å². The summed E-state index contributed by atoms with van der Waals surface area (Å²) in [7, 11) is 0. The van der Waals surface area contributed by atoms with E-state index < -0.39 is 0 Å². The minimum Gasteiger partial charge on any atom is -0.332 e. The van der Waals surface area contributed by atoms with Crippen molar-refractivity contribution in [3.05, 3.63) is 30.3 Å². The standard InChI is InChI=1S/C11H14N2OS/c1-8(2)10(14)13-11(15)12-9-6-4-3-5-7-9/h3-8H,1-2H3,(H2,12,13,14,15). The highest BCUT2D eigenvalue weighted by molar-refractivity contribution is 7.80.